The van der Waals surface area contributed by atoms with E-state index in [0.717, 1.165) is 56.1 Å². The maximum atomic E-state index is 5.23. The summed E-state index contributed by atoms with van der Waals surface area (Å²) in [5.74, 6) is 3.55. The third kappa shape index (κ3) is 6.93. The quantitative estimate of drug-likeness (QED) is 0.292. The molecule has 2 rings (SSSR count). The first-order valence-corrected chi connectivity index (χ1v) is 8.03. The molecule has 1 aromatic heterocycles. The standard InChI is InChI=1S/C15H27N5O.HI/c1-4-16-15(18-10-12-7-8-12)17-9-5-6-13-19-14(11(2)3)20-21-13;/h11-12H,4-10H2,1-3H3,(H2,16,17,18);1H. The summed E-state index contributed by atoms with van der Waals surface area (Å²) in [5.41, 5.74) is 0. The van der Waals surface area contributed by atoms with Crippen molar-refractivity contribution in [1.29, 1.82) is 0 Å². The predicted molar refractivity (Wildman–Crippen MR) is 98.8 cm³/mol. The molecule has 126 valence electrons. The van der Waals surface area contributed by atoms with Gasteiger partial charge in [-0.1, -0.05) is 19.0 Å². The Kier molecular flexibility index (Phi) is 8.74. The molecule has 0 spiro atoms. The Hall–Kier alpha value is -0.860. The average molecular weight is 421 g/mol. The summed E-state index contributed by atoms with van der Waals surface area (Å²) in [6.07, 6.45) is 4.42. The molecule has 1 fully saturated rings. The minimum atomic E-state index is 0. The molecular formula is C15H28IN5O. The van der Waals surface area contributed by atoms with E-state index in [1.165, 1.54) is 12.8 Å². The number of guanidine groups is 1. The second-order valence-corrected chi connectivity index (χ2v) is 5.89. The van der Waals surface area contributed by atoms with E-state index in [0.29, 0.717) is 5.92 Å². The summed E-state index contributed by atoms with van der Waals surface area (Å²) in [7, 11) is 0. The first-order chi connectivity index (χ1) is 10.2. The third-order valence-electron chi connectivity index (χ3n) is 3.41. The number of aromatic nitrogens is 2. The van der Waals surface area contributed by atoms with Crippen LogP contribution < -0.4 is 10.6 Å². The Morgan fingerprint density at radius 1 is 1.36 bits per heavy atom. The van der Waals surface area contributed by atoms with E-state index in [4.69, 9.17) is 4.52 Å². The van der Waals surface area contributed by atoms with E-state index in [9.17, 15) is 0 Å². The highest BCUT2D eigenvalue weighted by atomic mass is 127. The van der Waals surface area contributed by atoms with Gasteiger partial charge in [0.25, 0.3) is 0 Å². The summed E-state index contributed by atoms with van der Waals surface area (Å²) in [5, 5.41) is 10.6. The van der Waals surface area contributed by atoms with Gasteiger partial charge in [-0.05, 0) is 32.1 Å². The van der Waals surface area contributed by atoms with E-state index in [-0.39, 0.29) is 24.0 Å². The second kappa shape index (κ2) is 10.0. The van der Waals surface area contributed by atoms with Crippen LogP contribution in [-0.2, 0) is 6.42 Å². The Morgan fingerprint density at radius 2 is 2.14 bits per heavy atom. The van der Waals surface area contributed by atoms with Crippen LogP contribution in [-0.4, -0.2) is 35.7 Å². The van der Waals surface area contributed by atoms with Crippen molar-refractivity contribution in [2.45, 2.75) is 52.4 Å². The molecule has 0 unspecified atom stereocenters. The fourth-order valence-corrected chi connectivity index (χ4v) is 1.91. The molecule has 1 aliphatic carbocycles. The molecule has 7 heteroatoms. The van der Waals surface area contributed by atoms with E-state index < -0.39 is 0 Å². The minimum Gasteiger partial charge on any atom is -0.357 e. The van der Waals surface area contributed by atoms with Crippen LogP contribution in [0.3, 0.4) is 0 Å². The number of halogens is 1. The van der Waals surface area contributed by atoms with Crippen molar-refractivity contribution in [3.8, 4) is 0 Å². The summed E-state index contributed by atoms with van der Waals surface area (Å²) in [6.45, 7) is 8.90. The van der Waals surface area contributed by atoms with E-state index in [1.54, 1.807) is 0 Å². The molecule has 1 aliphatic rings. The highest BCUT2D eigenvalue weighted by Gasteiger charge is 2.20. The zero-order valence-corrected chi connectivity index (χ0v) is 16.1. The van der Waals surface area contributed by atoms with Crippen molar-refractivity contribution in [3.05, 3.63) is 11.7 Å². The zero-order valence-electron chi connectivity index (χ0n) is 13.8. The fourth-order valence-electron chi connectivity index (χ4n) is 1.91. The van der Waals surface area contributed by atoms with E-state index in [1.807, 2.05) is 0 Å². The number of nitrogens with one attached hydrogen (secondary N) is 2. The van der Waals surface area contributed by atoms with Gasteiger partial charge >= 0.3 is 0 Å². The number of hydrogen-bond acceptors (Lipinski definition) is 4. The van der Waals surface area contributed by atoms with Crippen molar-refractivity contribution in [2.24, 2.45) is 10.9 Å². The van der Waals surface area contributed by atoms with Crippen LogP contribution in [0, 0.1) is 5.92 Å². The summed E-state index contributed by atoms with van der Waals surface area (Å²) in [6, 6.07) is 0. The average Bonchev–Trinajstić information content (AvgIpc) is 3.16. The van der Waals surface area contributed by atoms with Crippen molar-refractivity contribution >= 4 is 29.9 Å². The van der Waals surface area contributed by atoms with Crippen molar-refractivity contribution < 1.29 is 4.52 Å². The maximum absolute atomic E-state index is 5.23. The smallest absolute Gasteiger partial charge is 0.226 e. The number of nitrogens with zero attached hydrogens (tertiary/aromatic N) is 3. The molecule has 1 heterocycles. The van der Waals surface area contributed by atoms with Gasteiger partial charge in [-0.2, -0.15) is 4.98 Å². The highest BCUT2D eigenvalue weighted by molar-refractivity contribution is 14.0. The SMILES string of the molecule is CCNC(=NCC1CC1)NCCCc1nc(C(C)C)no1.I. The van der Waals surface area contributed by atoms with E-state index >= 15 is 0 Å². The molecule has 0 atom stereocenters. The van der Waals surface area contributed by atoms with Gasteiger partial charge in [-0.15, -0.1) is 24.0 Å². The lowest BCUT2D eigenvalue weighted by Crippen LogP contribution is -2.38. The maximum Gasteiger partial charge on any atom is 0.226 e. The molecule has 6 nitrogen and oxygen atoms in total. The van der Waals surface area contributed by atoms with E-state index in [2.05, 4.69) is 46.5 Å². The molecule has 0 radical (unpaired) electrons. The molecule has 0 amide bonds. The first-order valence-electron chi connectivity index (χ1n) is 8.03. The van der Waals surface area contributed by atoms with Crippen molar-refractivity contribution in [3.63, 3.8) is 0 Å². The summed E-state index contributed by atoms with van der Waals surface area (Å²) < 4.78 is 5.23. The zero-order chi connectivity index (χ0) is 15.1. The van der Waals surface area contributed by atoms with Gasteiger partial charge < -0.3 is 15.2 Å². The van der Waals surface area contributed by atoms with Crippen LogP contribution >= 0.6 is 24.0 Å². The number of aryl methyl sites for hydroxylation is 1. The molecule has 0 saturated heterocycles. The third-order valence-corrected chi connectivity index (χ3v) is 3.41. The lowest BCUT2D eigenvalue weighted by molar-refractivity contribution is 0.368. The molecule has 0 aromatic carbocycles. The van der Waals surface area contributed by atoms with Gasteiger partial charge in [0.05, 0.1) is 0 Å². The topological polar surface area (TPSA) is 75.3 Å². The van der Waals surface area contributed by atoms with Gasteiger partial charge in [0.1, 0.15) is 0 Å². The number of rotatable bonds is 8. The van der Waals surface area contributed by atoms with Gasteiger partial charge in [-0.3, -0.25) is 4.99 Å². The Bertz CT molecular complexity index is 457. The highest BCUT2D eigenvalue weighted by Crippen LogP contribution is 2.28. The van der Waals surface area contributed by atoms with Crippen molar-refractivity contribution in [2.75, 3.05) is 19.6 Å². The molecule has 1 saturated carbocycles. The largest absolute Gasteiger partial charge is 0.357 e. The van der Waals surface area contributed by atoms with Gasteiger partial charge in [-0.25, -0.2) is 0 Å². The molecule has 2 N–H and O–H groups in total. The fraction of sp³-hybridized carbons (Fsp3) is 0.800. The van der Waals surface area contributed by atoms with Crippen LogP contribution in [0.15, 0.2) is 9.52 Å². The first kappa shape index (κ1) is 19.2. The summed E-state index contributed by atoms with van der Waals surface area (Å²) in [4.78, 5) is 8.97. The van der Waals surface area contributed by atoms with Crippen LogP contribution in [0.2, 0.25) is 0 Å². The molecular weight excluding hydrogens is 393 g/mol. The monoisotopic (exact) mass is 421 g/mol. The van der Waals surface area contributed by atoms with Crippen LogP contribution in [0.1, 0.15) is 57.7 Å². The molecule has 1 aromatic rings. The normalized spacial score (nSPS) is 14.8. The van der Waals surface area contributed by atoms with Crippen LogP contribution in [0.25, 0.3) is 0 Å². The number of aliphatic imine (C=N–C) groups is 1. The molecule has 0 bridgehead atoms. The lowest BCUT2D eigenvalue weighted by Gasteiger charge is -2.10. The van der Waals surface area contributed by atoms with Crippen LogP contribution in [0.5, 0.6) is 0 Å². The minimum absolute atomic E-state index is 0. The molecule has 22 heavy (non-hydrogen) atoms. The lowest BCUT2D eigenvalue weighted by atomic mass is 10.2. The van der Waals surface area contributed by atoms with Crippen LogP contribution in [0.4, 0.5) is 0 Å². The number of hydrogen-bond donors (Lipinski definition) is 2. The molecule has 0 aliphatic heterocycles. The summed E-state index contributed by atoms with van der Waals surface area (Å²) >= 11 is 0. The second-order valence-electron chi connectivity index (χ2n) is 5.89. The van der Waals surface area contributed by atoms with Gasteiger partial charge in [0.2, 0.25) is 5.89 Å². The van der Waals surface area contributed by atoms with Gasteiger partial charge in [0, 0.05) is 32.0 Å². The Morgan fingerprint density at radius 3 is 2.73 bits per heavy atom. The predicted octanol–water partition coefficient (Wildman–Crippen LogP) is 2.71. The van der Waals surface area contributed by atoms with Gasteiger partial charge in [0.15, 0.2) is 11.8 Å². The Balaban J connectivity index is 0.00000242. The Labute approximate surface area is 149 Å². The van der Waals surface area contributed by atoms with Crippen molar-refractivity contribution in [1.82, 2.24) is 20.8 Å².